The highest BCUT2D eigenvalue weighted by atomic mass is 16.4. The van der Waals surface area contributed by atoms with Crippen LogP contribution in [0.3, 0.4) is 0 Å². The van der Waals surface area contributed by atoms with Gasteiger partial charge in [-0.05, 0) is 42.9 Å². The number of carboxylic acids is 1. The lowest BCUT2D eigenvalue weighted by Crippen LogP contribution is -2.24. The molecule has 3 nitrogen and oxygen atoms in total. The zero-order chi connectivity index (χ0) is 13.2. The van der Waals surface area contributed by atoms with Crippen LogP contribution in [0.1, 0.15) is 32.3 Å². The minimum absolute atomic E-state index is 0.503. The van der Waals surface area contributed by atoms with Crippen LogP contribution < -0.4 is 5.32 Å². The molecule has 1 aliphatic carbocycles. The number of benzene rings is 1. The first kappa shape index (κ1) is 12.9. The maximum atomic E-state index is 11.0. The van der Waals surface area contributed by atoms with Crippen molar-refractivity contribution in [1.82, 2.24) is 0 Å². The van der Waals surface area contributed by atoms with Crippen LogP contribution in [0.5, 0.6) is 0 Å². The Morgan fingerprint density at radius 3 is 2.39 bits per heavy atom. The number of aliphatic carboxylic acids is 1. The first-order valence-corrected chi connectivity index (χ1v) is 6.58. The molecule has 0 aliphatic heterocycles. The first-order chi connectivity index (χ1) is 8.52. The summed E-state index contributed by atoms with van der Waals surface area (Å²) < 4.78 is 0. The number of nitrogens with one attached hydrogen (secondary N) is 1. The average molecular weight is 247 g/mol. The van der Waals surface area contributed by atoms with Gasteiger partial charge in [0.15, 0.2) is 0 Å². The van der Waals surface area contributed by atoms with E-state index in [0.717, 1.165) is 24.9 Å². The van der Waals surface area contributed by atoms with Gasteiger partial charge in [-0.25, -0.2) is 0 Å². The molecule has 1 aromatic rings. The number of carbonyl (C=O) groups is 1. The van der Waals surface area contributed by atoms with Crippen molar-refractivity contribution in [2.45, 2.75) is 33.1 Å². The van der Waals surface area contributed by atoms with Crippen LogP contribution in [0, 0.1) is 11.3 Å². The number of hydrogen-bond donors (Lipinski definition) is 2. The Hall–Kier alpha value is -1.51. The summed E-state index contributed by atoms with van der Waals surface area (Å²) in [5, 5.41) is 12.3. The normalized spacial score (nSPS) is 16.6. The minimum atomic E-state index is -0.675. The molecule has 1 aliphatic rings. The van der Waals surface area contributed by atoms with Crippen LogP contribution in [0.15, 0.2) is 24.3 Å². The van der Waals surface area contributed by atoms with E-state index in [1.165, 1.54) is 5.56 Å². The van der Waals surface area contributed by atoms with E-state index < -0.39 is 11.4 Å². The van der Waals surface area contributed by atoms with Crippen molar-refractivity contribution in [3.05, 3.63) is 29.8 Å². The van der Waals surface area contributed by atoms with Crippen molar-refractivity contribution in [3.8, 4) is 0 Å². The van der Waals surface area contributed by atoms with E-state index in [9.17, 15) is 4.79 Å². The van der Waals surface area contributed by atoms with Crippen molar-refractivity contribution >= 4 is 11.7 Å². The van der Waals surface area contributed by atoms with Crippen molar-refractivity contribution < 1.29 is 9.90 Å². The highest BCUT2D eigenvalue weighted by molar-refractivity contribution is 5.78. The molecule has 1 saturated carbocycles. The standard InChI is InChI=1S/C15H21NO2/c1-11(2)9-12-3-5-13(6-4-12)16-10-15(7-8-15)14(17)18/h3-6,11,16H,7-10H2,1-2H3,(H,17,18). The summed E-state index contributed by atoms with van der Waals surface area (Å²) >= 11 is 0. The maximum Gasteiger partial charge on any atom is 0.311 e. The van der Waals surface area contributed by atoms with Crippen LogP contribution in [0.4, 0.5) is 5.69 Å². The van der Waals surface area contributed by atoms with Crippen molar-refractivity contribution in [2.75, 3.05) is 11.9 Å². The number of anilines is 1. The zero-order valence-corrected chi connectivity index (χ0v) is 11.1. The largest absolute Gasteiger partial charge is 0.481 e. The smallest absolute Gasteiger partial charge is 0.311 e. The van der Waals surface area contributed by atoms with Gasteiger partial charge >= 0.3 is 5.97 Å². The van der Waals surface area contributed by atoms with E-state index >= 15 is 0 Å². The van der Waals surface area contributed by atoms with Gasteiger partial charge in [-0.3, -0.25) is 4.79 Å². The van der Waals surface area contributed by atoms with Gasteiger partial charge in [0.2, 0.25) is 0 Å². The lowest BCUT2D eigenvalue weighted by atomic mass is 10.0. The van der Waals surface area contributed by atoms with E-state index in [1.54, 1.807) is 0 Å². The third kappa shape index (κ3) is 3.03. The fourth-order valence-electron chi connectivity index (χ4n) is 2.12. The Morgan fingerprint density at radius 2 is 1.94 bits per heavy atom. The van der Waals surface area contributed by atoms with Crippen LogP contribution in [0.2, 0.25) is 0 Å². The Morgan fingerprint density at radius 1 is 1.33 bits per heavy atom. The molecule has 18 heavy (non-hydrogen) atoms. The van der Waals surface area contributed by atoms with Gasteiger partial charge in [0, 0.05) is 12.2 Å². The SMILES string of the molecule is CC(C)Cc1ccc(NCC2(C(=O)O)CC2)cc1. The fourth-order valence-corrected chi connectivity index (χ4v) is 2.12. The van der Waals surface area contributed by atoms with E-state index in [-0.39, 0.29) is 0 Å². The van der Waals surface area contributed by atoms with Crippen molar-refractivity contribution in [2.24, 2.45) is 11.3 Å². The molecular formula is C15H21NO2. The zero-order valence-electron chi connectivity index (χ0n) is 11.1. The van der Waals surface area contributed by atoms with Crippen LogP contribution in [0.25, 0.3) is 0 Å². The monoisotopic (exact) mass is 247 g/mol. The lowest BCUT2D eigenvalue weighted by molar-refractivity contribution is -0.142. The molecule has 0 heterocycles. The highest BCUT2D eigenvalue weighted by Crippen LogP contribution is 2.45. The molecule has 0 atom stereocenters. The summed E-state index contributed by atoms with van der Waals surface area (Å²) in [6, 6.07) is 8.30. The molecule has 3 heteroatoms. The summed E-state index contributed by atoms with van der Waals surface area (Å²) in [6.07, 6.45) is 2.67. The summed E-state index contributed by atoms with van der Waals surface area (Å²) in [6.45, 7) is 4.94. The van der Waals surface area contributed by atoms with Gasteiger partial charge in [-0.2, -0.15) is 0 Å². The van der Waals surface area contributed by atoms with E-state index in [1.807, 2.05) is 12.1 Å². The van der Waals surface area contributed by atoms with Gasteiger partial charge in [0.25, 0.3) is 0 Å². The molecular weight excluding hydrogens is 226 g/mol. The van der Waals surface area contributed by atoms with E-state index in [0.29, 0.717) is 12.5 Å². The highest BCUT2D eigenvalue weighted by Gasteiger charge is 2.49. The molecule has 0 aromatic heterocycles. The van der Waals surface area contributed by atoms with Gasteiger partial charge in [-0.1, -0.05) is 26.0 Å². The van der Waals surface area contributed by atoms with Crippen LogP contribution in [-0.4, -0.2) is 17.6 Å². The Labute approximate surface area is 108 Å². The third-order valence-corrected chi connectivity index (χ3v) is 3.54. The Balaban J connectivity index is 1.89. The molecule has 98 valence electrons. The predicted molar refractivity (Wildman–Crippen MR) is 72.8 cm³/mol. The molecule has 0 unspecified atom stereocenters. The van der Waals surface area contributed by atoms with Crippen molar-refractivity contribution in [1.29, 1.82) is 0 Å². The minimum Gasteiger partial charge on any atom is -0.481 e. The van der Waals surface area contributed by atoms with Gasteiger partial charge in [0.1, 0.15) is 0 Å². The van der Waals surface area contributed by atoms with Gasteiger partial charge < -0.3 is 10.4 Å². The number of carboxylic acid groups (broad SMARTS) is 1. The third-order valence-electron chi connectivity index (χ3n) is 3.54. The van der Waals surface area contributed by atoms with Crippen molar-refractivity contribution in [3.63, 3.8) is 0 Å². The second-order valence-corrected chi connectivity index (χ2v) is 5.73. The second kappa shape index (κ2) is 5.01. The Kier molecular flexibility index (Phi) is 3.60. The topological polar surface area (TPSA) is 49.3 Å². The lowest BCUT2D eigenvalue weighted by Gasteiger charge is -2.13. The molecule has 1 fully saturated rings. The van der Waals surface area contributed by atoms with Gasteiger partial charge in [0.05, 0.1) is 5.41 Å². The average Bonchev–Trinajstić information content (AvgIpc) is 3.08. The molecule has 0 spiro atoms. The second-order valence-electron chi connectivity index (χ2n) is 5.73. The number of hydrogen-bond acceptors (Lipinski definition) is 2. The fraction of sp³-hybridized carbons (Fsp3) is 0.533. The maximum absolute atomic E-state index is 11.0. The number of rotatable bonds is 6. The van der Waals surface area contributed by atoms with Crippen LogP contribution in [-0.2, 0) is 11.2 Å². The molecule has 0 radical (unpaired) electrons. The van der Waals surface area contributed by atoms with Gasteiger partial charge in [-0.15, -0.1) is 0 Å². The first-order valence-electron chi connectivity index (χ1n) is 6.58. The van der Waals surface area contributed by atoms with Crippen LogP contribution >= 0.6 is 0 Å². The molecule has 2 N–H and O–H groups in total. The molecule has 0 saturated heterocycles. The summed E-state index contributed by atoms with van der Waals surface area (Å²) in [5.74, 6) is -0.0167. The van der Waals surface area contributed by atoms with E-state index in [2.05, 4.69) is 31.3 Å². The Bertz CT molecular complexity index is 419. The predicted octanol–water partition coefficient (Wildman–Crippen LogP) is 3.16. The summed E-state index contributed by atoms with van der Waals surface area (Å²) in [4.78, 5) is 11.0. The molecule has 0 bridgehead atoms. The summed E-state index contributed by atoms with van der Waals surface area (Å²) in [5.41, 5.74) is 1.83. The summed E-state index contributed by atoms with van der Waals surface area (Å²) in [7, 11) is 0. The molecule has 1 aromatic carbocycles. The van der Waals surface area contributed by atoms with E-state index in [4.69, 9.17) is 5.11 Å². The molecule has 0 amide bonds. The quantitative estimate of drug-likeness (QED) is 0.811. The molecule has 2 rings (SSSR count).